The van der Waals surface area contributed by atoms with Gasteiger partial charge in [-0.3, -0.25) is 0 Å². The molecule has 3 nitrogen and oxygen atoms in total. The zero-order valence-corrected chi connectivity index (χ0v) is 11.2. The van der Waals surface area contributed by atoms with E-state index in [1.54, 1.807) is 0 Å². The predicted molar refractivity (Wildman–Crippen MR) is 74.7 cm³/mol. The Morgan fingerprint density at radius 3 is 2.72 bits per heavy atom. The lowest BCUT2D eigenvalue weighted by atomic mass is 10.0. The molecule has 0 bridgehead atoms. The fourth-order valence-electron chi connectivity index (χ4n) is 2.49. The monoisotopic (exact) mass is 243 g/mol. The molecule has 0 atom stereocenters. The van der Waals surface area contributed by atoms with Crippen molar-refractivity contribution in [2.75, 3.05) is 25.0 Å². The highest BCUT2D eigenvalue weighted by atomic mass is 15.1. The summed E-state index contributed by atoms with van der Waals surface area (Å²) in [7, 11) is 0. The molecule has 0 radical (unpaired) electrons. The van der Waals surface area contributed by atoms with Crippen molar-refractivity contribution in [3.05, 3.63) is 29.3 Å². The van der Waals surface area contributed by atoms with Crippen LogP contribution < -0.4 is 5.32 Å². The summed E-state index contributed by atoms with van der Waals surface area (Å²) in [5.41, 5.74) is 2.94. The maximum absolute atomic E-state index is 9.12. The second-order valence-electron chi connectivity index (χ2n) is 5.01. The second-order valence-corrected chi connectivity index (χ2v) is 5.01. The van der Waals surface area contributed by atoms with Crippen molar-refractivity contribution >= 4 is 5.69 Å². The van der Waals surface area contributed by atoms with E-state index in [2.05, 4.69) is 36.2 Å². The van der Waals surface area contributed by atoms with Crippen molar-refractivity contribution in [1.29, 1.82) is 5.26 Å². The lowest BCUT2D eigenvalue weighted by Crippen LogP contribution is -2.38. The molecular formula is C15H21N3. The Kier molecular flexibility index (Phi) is 4.22. The number of aryl methyl sites for hydroxylation is 1. The molecule has 1 heterocycles. The number of rotatable bonds is 3. The van der Waals surface area contributed by atoms with Crippen molar-refractivity contribution in [1.82, 2.24) is 4.90 Å². The smallest absolute Gasteiger partial charge is 0.101 e. The molecule has 1 N–H and O–H groups in total. The first-order valence-electron chi connectivity index (χ1n) is 6.72. The molecule has 0 spiro atoms. The summed E-state index contributed by atoms with van der Waals surface area (Å²) < 4.78 is 0. The summed E-state index contributed by atoms with van der Waals surface area (Å²) >= 11 is 0. The van der Waals surface area contributed by atoms with E-state index in [4.69, 9.17) is 5.26 Å². The normalized spacial score (nSPS) is 17.4. The molecule has 18 heavy (non-hydrogen) atoms. The molecular weight excluding hydrogens is 222 g/mol. The molecule has 1 aromatic rings. The summed E-state index contributed by atoms with van der Waals surface area (Å²) in [6.45, 7) is 7.72. The van der Waals surface area contributed by atoms with Gasteiger partial charge in [-0.25, -0.2) is 0 Å². The Hall–Kier alpha value is -1.53. The summed E-state index contributed by atoms with van der Waals surface area (Å²) in [6, 6.07) is 8.73. The van der Waals surface area contributed by atoms with Gasteiger partial charge in [0, 0.05) is 19.1 Å². The van der Waals surface area contributed by atoms with E-state index in [0.717, 1.165) is 43.7 Å². The van der Waals surface area contributed by atoms with Gasteiger partial charge in [-0.05, 0) is 44.0 Å². The Morgan fingerprint density at radius 2 is 2.11 bits per heavy atom. The third kappa shape index (κ3) is 3.02. The molecule has 1 aromatic carbocycles. The van der Waals surface area contributed by atoms with E-state index in [-0.39, 0.29) is 0 Å². The first-order valence-corrected chi connectivity index (χ1v) is 6.72. The predicted octanol–water partition coefficient (Wildman–Crippen LogP) is 2.76. The molecule has 1 aliphatic rings. The van der Waals surface area contributed by atoms with E-state index < -0.39 is 0 Å². The van der Waals surface area contributed by atoms with E-state index in [9.17, 15) is 0 Å². The standard InChI is InChI=1S/C15H21N3/c1-3-18-8-6-14(7-9-18)17-15-10-12(2)4-5-13(15)11-16/h4-5,10,14,17H,3,6-9H2,1-2H3. The van der Waals surface area contributed by atoms with Crippen LogP contribution in [0.4, 0.5) is 5.69 Å². The van der Waals surface area contributed by atoms with Gasteiger partial charge in [-0.1, -0.05) is 13.0 Å². The number of likely N-dealkylation sites (tertiary alicyclic amines) is 1. The number of hydrogen-bond donors (Lipinski definition) is 1. The van der Waals surface area contributed by atoms with Crippen molar-refractivity contribution in [2.45, 2.75) is 32.7 Å². The molecule has 1 saturated heterocycles. The molecule has 0 aromatic heterocycles. The topological polar surface area (TPSA) is 39.1 Å². The zero-order chi connectivity index (χ0) is 13.0. The van der Waals surface area contributed by atoms with Gasteiger partial charge in [0.2, 0.25) is 0 Å². The molecule has 1 aliphatic heterocycles. The number of anilines is 1. The average Bonchev–Trinajstić information content (AvgIpc) is 2.40. The van der Waals surface area contributed by atoms with Crippen LogP contribution in [0.15, 0.2) is 18.2 Å². The molecule has 0 saturated carbocycles. The minimum absolute atomic E-state index is 0.502. The number of nitrogens with zero attached hydrogens (tertiary/aromatic N) is 2. The quantitative estimate of drug-likeness (QED) is 0.887. The van der Waals surface area contributed by atoms with Crippen LogP contribution in [0.5, 0.6) is 0 Å². The lowest BCUT2D eigenvalue weighted by molar-refractivity contribution is 0.229. The van der Waals surface area contributed by atoms with Crippen LogP contribution in [0, 0.1) is 18.3 Å². The van der Waals surface area contributed by atoms with E-state index in [1.165, 1.54) is 5.56 Å². The van der Waals surface area contributed by atoms with Gasteiger partial charge in [0.1, 0.15) is 6.07 Å². The second kappa shape index (κ2) is 5.88. The first-order chi connectivity index (χ1) is 8.72. The number of piperidine rings is 1. The van der Waals surface area contributed by atoms with Crippen LogP contribution in [0.3, 0.4) is 0 Å². The van der Waals surface area contributed by atoms with Crippen LogP contribution in [0.25, 0.3) is 0 Å². The summed E-state index contributed by atoms with van der Waals surface area (Å²) in [5.74, 6) is 0. The molecule has 0 aliphatic carbocycles. The highest BCUT2D eigenvalue weighted by molar-refractivity contribution is 5.59. The SMILES string of the molecule is CCN1CCC(Nc2cc(C)ccc2C#N)CC1. The highest BCUT2D eigenvalue weighted by Gasteiger charge is 2.18. The number of benzene rings is 1. The molecule has 1 fully saturated rings. The van der Waals surface area contributed by atoms with Crippen LogP contribution in [-0.2, 0) is 0 Å². The van der Waals surface area contributed by atoms with E-state index in [0.29, 0.717) is 6.04 Å². The van der Waals surface area contributed by atoms with Crippen molar-refractivity contribution in [2.24, 2.45) is 0 Å². The summed E-state index contributed by atoms with van der Waals surface area (Å²) in [5, 5.41) is 12.7. The largest absolute Gasteiger partial charge is 0.381 e. The van der Waals surface area contributed by atoms with Crippen LogP contribution in [0.2, 0.25) is 0 Å². The third-order valence-electron chi connectivity index (χ3n) is 3.69. The Morgan fingerprint density at radius 1 is 1.39 bits per heavy atom. The highest BCUT2D eigenvalue weighted by Crippen LogP contribution is 2.21. The van der Waals surface area contributed by atoms with E-state index >= 15 is 0 Å². The van der Waals surface area contributed by atoms with Gasteiger partial charge < -0.3 is 10.2 Å². The fourth-order valence-corrected chi connectivity index (χ4v) is 2.49. The fraction of sp³-hybridized carbons (Fsp3) is 0.533. The van der Waals surface area contributed by atoms with Crippen molar-refractivity contribution in [3.63, 3.8) is 0 Å². The molecule has 0 amide bonds. The van der Waals surface area contributed by atoms with Crippen molar-refractivity contribution in [3.8, 4) is 6.07 Å². The van der Waals surface area contributed by atoms with Gasteiger partial charge in [-0.15, -0.1) is 0 Å². The summed E-state index contributed by atoms with van der Waals surface area (Å²) in [6.07, 6.45) is 2.32. The molecule has 3 heteroatoms. The van der Waals surface area contributed by atoms with Gasteiger partial charge in [0.25, 0.3) is 0 Å². The van der Waals surface area contributed by atoms with Gasteiger partial charge in [0.05, 0.1) is 11.3 Å². The van der Waals surface area contributed by atoms with Gasteiger partial charge in [0.15, 0.2) is 0 Å². The molecule has 2 rings (SSSR count). The Labute approximate surface area is 109 Å². The van der Waals surface area contributed by atoms with Crippen LogP contribution in [-0.4, -0.2) is 30.6 Å². The Bertz CT molecular complexity index is 440. The third-order valence-corrected chi connectivity index (χ3v) is 3.69. The van der Waals surface area contributed by atoms with E-state index in [1.807, 2.05) is 12.1 Å². The molecule has 96 valence electrons. The minimum atomic E-state index is 0.502. The number of nitrogens with one attached hydrogen (secondary N) is 1. The minimum Gasteiger partial charge on any atom is -0.381 e. The van der Waals surface area contributed by atoms with Crippen molar-refractivity contribution < 1.29 is 0 Å². The average molecular weight is 243 g/mol. The molecule has 0 unspecified atom stereocenters. The van der Waals surface area contributed by atoms with Gasteiger partial charge in [-0.2, -0.15) is 5.26 Å². The number of hydrogen-bond acceptors (Lipinski definition) is 3. The maximum Gasteiger partial charge on any atom is 0.101 e. The zero-order valence-electron chi connectivity index (χ0n) is 11.2. The van der Waals surface area contributed by atoms with Gasteiger partial charge >= 0.3 is 0 Å². The first kappa shape index (κ1) is 12.9. The Balaban J connectivity index is 2.02. The van der Waals surface area contributed by atoms with Crippen LogP contribution >= 0.6 is 0 Å². The lowest BCUT2D eigenvalue weighted by Gasteiger charge is -2.32. The number of nitriles is 1. The van der Waals surface area contributed by atoms with Crippen LogP contribution in [0.1, 0.15) is 30.9 Å². The maximum atomic E-state index is 9.12. The summed E-state index contributed by atoms with van der Waals surface area (Å²) in [4.78, 5) is 2.47.